The van der Waals surface area contributed by atoms with Crippen LogP contribution in [0, 0.1) is 11.8 Å². The molecule has 0 heterocycles. The van der Waals surface area contributed by atoms with Crippen LogP contribution in [0.15, 0.2) is 0 Å². The number of hydrogen-bond acceptors (Lipinski definition) is 2. The summed E-state index contributed by atoms with van der Waals surface area (Å²) in [6, 6.07) is 0.416. The first-order valence-corrected chi connectivity index (χ1v) is 7.65. The van der Waals surface area contributed by atoms with E-state index in [0.29, 0.717) is 18.5 Å². The first kappa shape index (κ1) is 15.5. The average molecular weight is 254 g/mol. The monoisotopic (exact) mass is 254 g/mol. The fourth-order valence-corrected chi connectivity index (χ4v) is 2.84. The van der Waals surface area contributed by atoms with E-state index < -0.39 is 0 Å². The minimum Gasteiger partial charge on any atom is -0.353 e. The van der Waals surface area contributed by atoms with Crippen molar-refractivity contribution in [3.63, 3.8) is 0 Å². The van der Waals surface area contributed by atoms with Crippen molar-refractivity contribution in [2.24, 2.45) is 17.6 Å². The van der Waals surface area contributed by atoms with Crippen LogP contribution >= 0.6 is 0 Å². The highest BCUT2D eigenvalue weighted by molar-refractivity contribution is 5.79. The Balaban J connectivity index is 2.43. The molecule has 0 bridgehead atoms. The summed E-state index contributed by atoms with van der Waals surface area (Å²) in [4.78, 5) is 12.3. The van der Waals surface area contributed by atoms with E-state index >= 15 is 0 Å². The number of carbonyl (C=O) groups excluding carboxylic acids is 1. The van der Waals surface area contributed by atoms with Crippen LogP contribution in [0.2, 0.25) is 0 Å². The van der Waals surface area contributed by atoms with Gasteiger partial charge in [-0.1, -0.05) is 39.5 Å². The normalized spacial score (nSPS) is 19.6. The summed E-state index contributed by atoms with van der Waals surface area (Å²) in [5.74, 6) is 0.796. The Hall–Kier alpha value is -0.570. The molecule has 0 saturated heterocycles. The maximum absolute atomic E-state index is 12.3. The molecule has 1 rings (SSSR count). The van der Waals surface area contributed by atoms with Gasteiger partial charge in [0.25, 0.3) is 0 Å². The molecule has 3 heteroatoms. The zero-order valence-electron chi connectivity index (χ0n) is 12.1. The van der Waals surface area contributed by atoms with E-state index in [9.17, 15) is 4.79 Å². The standard InChI is InChI=1S/C15H30N2O/c1-12(2)14(10-7-11-16)15(18)17-13-8-5-3-4-6-9-13/h12-14H,3-11,16H2,1-2H3,(H,17,18). The first-order chi connectivity index (χ1) is 8.65. The van der Waals surface area contributed by atoms with Crippen molar-refractivity contribution in [2.75, 3.05) is 6.54 Å². The van der Waals surface area contributed by atoms with E-state index in [-0.39, 0.29) is 11.8 Å². The molecule has 0 aromatic heterocycles. The number of hydrogen-bond donors (Lipinski definition) is 2. The SMILES string of the molecule is CC(C)C(CCCN)C(=O)NC1CCCCCC1. The summed E-state index contributed by atoms with van der Waals surface area (Å²) < 4.78 is 0. The summed E-state index contributed by atoms with van der Waals surface area (Å²) in [5.41, 5.74) is 5.55. The second-order valence-electron chi connectivity index (χ2n) is 5.98. The smallest absolute Gasteiger partial charge is 0.223 e. The van der Waals surface area contributed by atoms with E-state index in [0.717, 1.165) is 25.7 Å². The van der Waals surface area contributed by atoms with Crippen molar-refractivity contribution in [3.8, 4) is 0 Å². The van der Waals surface area contributed by atoms with Gasteiger partial charge in [0, 0.05) is 12.0 Å². The Morgan fingerprint density at radius 1 is 1.22 bits per heavy atom. The van der Waals surface area contributed by atoms with Crippen molar-refractivity contribution >= 4 is 5.91 Å². The lowest BCUT2D eigenvalue weighted by molar-refractivity contribution is -0.127. The molecule has 1 aliphatic carbocycles. The van der Waals surface area contributed by atoms with Crippen LogP contribution in [-0.4, -0.2) is 18.5 Å². The molecule has 1 aliphatic rings. The zero-order valence-corrected chi connectivity index (χ0v) is 12.1. The quantitative estimate of drug-likeness (QED) is 0.716. The van der Waals surface area contributed by atoms with Crippen molar-refractivity contribution < 1.29 is 4.79 Å². The maximum Gasteiger partial charge on any atom is 0.223 e. The molecular formula is C15H30N2O. The van der Waals surface area contributed by atoms with Gasteiger partial charge in [0.15, 0.2) is 0 Å². The Labute approximate surface area is 112 Å². The van der Waals surface area contributed by atoms with Crippen LogP contribution < -0.4 is 11.1 Å². The molecule has 1 saturated carbocycles. The molecule has 3 N–H and O–H groups in total. The molecule has 0 aliphatic heterocycles. The Morgan fingerprint density at radius 3 is 2.33 bits per heavy atom. The van der Waals surface area contributed by atoms with E-state index in [1.165, 1.54) is 25.7 Å². The first-order valence-electron chi connectivity index (χ1n) is 7.65. The molecule has 1 atom stereocenters. The largest absolute Gasteiger partial charge is 0.353 e. The van der Waals surface area contributed by atoms with Gasteiger partial charge in [0.2, 0.25) is 5.91 Å². The van der Waals surface area contributed by atoms with Crippen molar-refractivity contribution in [1.82, 2.24) is 5.32 Å². The summed E-state index contributed by atoms with van der Waals surface area (Å²) in [6.45, 7) is 4.95. The highest BCUT2D eigenvalue weighted by atomic mass is 16.1. The number of nitrogens with two attached hydrogens (primary N) is 1. The Morgan fingerprint density at radius 2 is 1.83 bits per heavy atom. The number of amides is 1. The summed E-state index contributed by atoms with van der Waals surface area (Å²) in [7, 11) is 0. The van der Waals surface area contributed by atoms with Crippen LogP contribution in [0.5, 0.6) is 0 Å². The predicted molar refractivity (Wildman–Crippen MR) is 76.2 cm³/mol. The fraction of sp³-hybridized carbons (Fsp3) is 0.933. The van der Waals surface area contributed by atoms with Crippen molar-refractivity contribution in [2.45, 2.75) is 71.3 Å². The van der Waals surface area contributed by atoms with Crippen LogP contribution in [0.3, 0.4) is 0 Å². The van der Waals surface area contributed by atoms with Crippen LogP contribution in [0.1, 0.15) is 65.2 Å². The average Bonchev–Trinajstić information content (AvgIpc) is 2.57. The molecule has 0 aromatic rings. The van der Waals surface area contributed by atoms with Crippen LogP contribution in [0.25, 0.3) is 0 Å². The predicted octanol–water partition coefficient (Wildman–Crippen LogP) is 2.84. The van der Waals surface area contributed by atoms with E-state index in [1.807, 2.05) is 0 Å². The summed E-state index contributed by atoms with van der Waals surface area (Å²) in [5, 5.41) is 3.27. The topological polar surface area (TPSA) is 55.1 Å². The zero-order chi connectivity index (χ0) is 13.4. The number of carbonyl (C=O) groups is 1. The molecule has 0 radical (unpaired) electrons. The van der Waals surface area contributed by atoms with Gasteiger partial charge in [-0.15, -0.1) is 0 Å². The van der Waals surface area contributed by atoms with Gasteiger partial charge in [-0.2, -0.15) is 0 Å². The molecule has 3 nitrogen and oxygen atoms in total. The highest BCUT2D eigenvalue weighted by Crippen LogP contribution is 2.21. The number of nitrogens with one attached hydrogen (secondary N) is 1. The second-order valence-corrected chi connectivity index (χ2v) is 5.98. The van der Waals surface area contributed by atoms with Crippen LogP contribution in [-0.2, 0) is 4.79 Å². The lowest BCUT2D eigenvalue weighted by Crippen LogP contribution is -2.40. The molecule has 1 unspecified atom stereocenters. The van der Waals surface area contributed by atoms with Gasteiger partial charge in [-0.25, -0.2) is 0 Å². The third-order valence-electron chi connectivity index (χ3n) is 4.06. The van der Waals surface area contributed by atoms with Crippen molar-refractivity contribution in [3.05, 3.63) is 0 Å². The molecular weight excluding hydrogens is 224 g/mol. The minimum atomic E-state index is 0.136. The number of rotatable bonds is 6. The van der Waals surface area contributed by atoms with Gasteiger partial charge >= 0.3 is 0 Å². The van der Waals surface area contributed by atoms with Crippen molar-refractivity contribution in [1.29, 1.82) is 0 Å². The third-order valence-corrected chi connectivity index (χ3v) is 4.06. The molecule has 0 spiro atoms. The van der Waals surface area contributed by atoms with E-state index in [1.54, 1.807) is 0 Å². The Kier molecular flexibility index (Phi) is 7.33. The van der Waals surface area contributed by atoms with Crippen LogP contribution in [0.4, 0.5) is 0 Å². The lowest BCUT2D eigenvalue weighted by atomic mass is 9.90. The lowest BCUT2D eigenvalue weighted by Gasteiger charge is -2.24. The van der Waals surface area contributed by atoms with Gasteiger partial charge in [0.1, 0.15) is 0 Å². The second kappa shape index (κ2) is 8.52. The van der Waals surface area contributed by atoms with Gasteiger partial charge < -0.3 is 11.1 Å². The fourth-order valence-electron chi connectivity index (χ4n) is 2.84. The highest BCUT2D eigenvalue weighted by Gasteiger charge is 2.24. The third kappa shape index (κ3) is 5.38. The van der Waals surface area contributed by atoms with Gasteiger partial charge in [-0.05, 0) is 38.1 Å². The van der Waals surface area contributed by atoms with Gasteiger partial charge in [-0.3, -0.25) is 4.79 Å². The molecule has 18 heavy (non-hydrogen) atoms. The molecule has 0 aromatic carbocycles. The minimum absolute atomic E-state index is 0.136. The van der Waals surface area contributed by atoms with Gasteiger partial charge in [0.05, 0.1) is 0 Å². The summed E-state index contributed by atoms with van der Waals surface area (Å²) >= 11 is 0. The molecule has 106 valence electrons. The van der Waals surface area contributed by atoms with E-state index in [4.69, 9.17) is 5.73 Å². The molecule has 1 amide bonds. The Bertz CT molecular complexity index is 233. The molecule has 1 fully saturated rings. The summed E-state index contributed by atoms with van der Waals surface area (Å²) in [6.07, 6.45) is 9.37. The van der Waals surface area contributed by atoms with E-state index in [2.05, 4.69) is 19.2 Å². The maximum atomic E-state index is 12.3.